The Balaban J connectivity index is 1.46. The predicted molar refractivity (Wildman–Crippen MR) is 120 cm³/mol. The van der Waals surface area contributed by atoms with Crippen molar-refractivity contribution in [1.82, 2.24) is 0 Å². The van der Waals surface area contributed by atoms with E-state index in [1.54, 1.807) is 6.07 Å². The average Bonchev–Trinajstić information content (AvgIpc) is 2.77. The van der Waals surface area contributed by atoms with Gasteiger partial charge < -0.3 is 0 Å². The van der Waals surface area contributed by atoms with Crippen LogP contribution in [0.2, 0.25) is 18.1 Å². The van der Waals surface area contributed by atoms with Crippen molar-refractivity contribution < 1.29 is 8.78 Å². The largest absolute Gasteiger partial charge is 0.204 e. The summed E-state index contributed by atoms with van der Waals surface area (Å²) in [5.74, 6) is 0.486. The molecule has 29 heavy (non-hydrogen) atoms. The number of hydrogen-bond acceptors (Lipinski definition) is 0. The normalized spacial score (nSPS) is 24.0. The average molecular weight is 412 g/mol. The molecule has 0 unspecified atom stereocenters. The molecule has 2 fully saturated rings. The fraction of sp³-hybridized carbons (Fsp3) is 0.538. The van der Waals surface area contributed by atoms with Gasteiger partial charge in [0.1, 0.15) is 0 Å². The topological polar surface area (TPSA) is 0 Å². The summed E-state index contributed by atoms with van der Waals surface area (Å²) in [4.78, 5) is 0. The summed E-state index contributed by atoms with van der Waals surface area (Å²) in [5.41, 5.74) is 2.48. The minimum Gasteiger partial charge on any atom is -0.204 e. The third-order valence-electron chi connectivity index (χ3n) is 7.41. The van der Waals surface area contributed by atoms with Crippen LogP contribution in [0.1, 0.15) is 63.4 Å². The van der Waals surface area contributed by atoms with E-state index in [2.05, 4.69) is 6.92 Å². The van der Waals surface area contributed by atoms with Gasteiger partial charge in [-0.25, -0.2) is 8.78 Å². The summed E-state index contributed by atoms with van der Waals surface area (Å²) in [6.07, 6.45) is 8.54. The lowest BCUT2D eigenvalue weighted by Crippen LogP contribution is -2.28. The van der Waals surface area contributed by atoms with Crippen LogP contribution >= 0.6 is 0 Å². The van der Waals surface area contributed by atoms with E-state index in [1.165, 1.54) is 56.3 Å². The molecule has 1 aliphatic carbocycles. The van der Waals surface area contributed by atoms with E-state index in [4.69, 9.17) is 0 Å². The Bertz CT molecular complexity index is 788. The molecule has 1 aliphatic heterocycles. The lowest BCUT2D eigenvalue weighted by molar-refractivity contribution is 0.214. The molecule has 0 N–H and O–H groups in total. The number of benzene rings is 2. The quantitative estimate of drug-likeness (QED) is 0.435. The highest BCUT2D eigenvalue weighted by Gasteiger charge is 2.33. The first-order valence-corrected chi connectivity index (χ1v) is 13.7. The van der Waals surface area contributed by atoms with E-state index >= 15 is 0 Å². The van der Waals surface area contributed by atoms with Gasteiger partial charge >= 0.3 is 0 Å². The van der Waals surface area contributed by atoms with Crippen LogP contribution in [0.25, 0.3) is 11.1 Å². The number of hydrogen-bond donors (Lipinski definition) is 0. The van der Waals surface area contributed by atoms with Gasteiger partial charge in [-0.3, -0.25) is 0 Å². The molecule has 0 bridgehead atoms. The Kier molecular flexibility index (Phi) is 6.84. The summed E-state index contributed by atoms with van der Waals surface area (Å²) in [6, 6.07) is 17.4. The van der Waals surface area contributed by atoms with E-state index in [9.17, 15) is 8.78 Å². The van der Waals surface area contributed by atoms with Crippen molar-refractivity contribution in [3.05, 3.63) is 59.7 Å². The maximum atomic E-state index is 14.9. The van der Waals surface area contributed by atoms with Gasteiger partial charge in [-0.1, -0.05) is 80.7 Å². The molecule has 1 saturated carbocycles. The van der Waals surface area contributed by atoms with E-state index in [0.29, 0.717) is 5.56 Å². The van der Waals surface area contributed by atoms with Crippen molar-refractivity contribution >= 4 is 8.80 Å². The van der Waals surface area contributed by atoms with Gasteiger partial charge in [0, 0.05) is 14.4 Å². The molecule has 4 rings (SSSR count). The molecule has 3 heteroatoms. The van der Waals surface area contributed by atoms with Crippen molar-refractivity contribution in [2.24, 2.45) is 11.8 Å². The van der Waals surface area contributed by atoms with Gasteiger partial charge in [-0.05, 0) is 60.6 Å². The SMILES string of the molecule is CCC[Si]1CCC(C2CCC(c3c(-c4ccccc4)ccc(F)c3F)CC2)CC1. The van der Waals surface area contributed by atoms with Crippen LogP contribution < -0.4 is 0 Å². The van der Waals surface area contributed by atoms with Gasteiger partial charge in [0.2, 0.25) is 0 Å². The van der Waals surface area contributed by atoms with Crippen LogP contribution in [0.3, 0.4) is 0 Å². The monoisotopic (exact) mass is 411 g/mol. The molecule has 0 aromatic heterocycles. The van der Waals surface area contributed by atoms with Crippen LogP contribution in [0, 0.1) is 23.5 Å². The summed E-state index contributed by atoms with van der Waals surface area (Å²) in [7, 11) is -0.0598. The van der Waals surface area contributed by atoms with Crippen LogP contribution in [-0.4, -0.2) is 8.80 Å². The zero-order valence-electron chi connectivity index (χ0n) is 17.6. The van der Waals surface area contributed by atoms with Crippen molar-refractivity contribution in [1.29, 1.82) is 0 Å². The van der Waals surface area contributed by atoms with Crippen LogP contribution in [-0.2, 0) is 0 Å². The second-order valence-corrected chi connectivity index (χ2v) is 12.1. The molecule has 1 radical (unpaired) electrons. The van der Waals surface area contributed by atoms with Gasteiger partial charge in [0.15, 0.2) is 11.6 Å². The molecule has 0 atom stereocenters. The Labute approximate surface area is 176 Å². The molecule has 0 spiro atoms. The van der Waals surface area contributed by atoms with E-state index in [1.807, 2.05) is 30.3 Å². The third kappa shape index (κ3) is 4.65. The van der Waals surface area contributed by atoms with E-state index < -0.39 is 11.6 Å². The van der Waals surface area contributed by atoms with Crippen LogP contribution in [0.4, 0.5) is 8.78 Å². The van der Waals surface area contributed by atoms with Crippen LogP contribution in [0.15, 0.2) is 42.5 Å². The Morgan fingerprint density at radius 1 is 0.828 bits per heavy atom. The summed E-state index contributed by atoms with van der Waals surface area (Å²) in [5, 5.41) is 0. The van der Waals surface area contributed by atoms with Gasteiger partial charge in [0.05, 0.1) is 0 Å². The van der Waals surface area contributed by atoms with Crippen molar-refractivity contribution in [3.63, 3.8) is 0 Å². The summed E-state index contributed by atoms with van der Waals surface area (Å²) in [6.45, 7) is 2.32. The highest BCUT2D eigenvalue weighted by atomic mass is 28.3. The van der Waals surface area contributed by atoms with E-state index in [0.717, 1.165) is 35.8 Å². The van der Waals surface area contributed by atoms with Crippen molar-refractivity contribution in [2.75, 3.05) is 0 Å². The fourth-order valence-corrected chi connectivity index (χ4v) is 8.85. The highest BCUT2D eigenvalue weighted by Crippen LogP contribution is 2.46. The first-order chi connectivity index (χ1) is 14.2. The van der Waals surface area contributed by atoms with Gasteiger partial charge in [-0.2, -0.15) is 0 Å². The van der Waals surface area contributed by atoms with Crippen molar-refractivity contribution in [2.45, 2.75) is 75.9 Å². The predicted octanol–water partition coefficient (Wildman–Crippen LogP) is 8.22. The maximum Gasteiger partial charge on any atom is 0.162 e. The second kappa shape index (κ2) is 9.55. The molecule has 2 aliphatic rings. The Morgan fingerprint density at radius 2 is 1.48 bits per heavy atom. The second-order valence-electron chi connectivity index (χ2n) is 9.14. The third-order valence-corrected chi connectivity index (χ3v) is 10.6. The highest BCUT2D eigenvalue weighted by molar-refractivity contribution is 6.58. The molecule has 155 valence electrons. The molecule has 2 aromatic rings. The zero-order valence-corrected chi connectivity index (χ0v) is 18.6. The first kappa shape index (κ1) is 20.8. The van der Waals surface area contributed by atoms with Gasteiger partial charge in [-0.15, -0.1) is 0 Å². The molecule has 2 aromatic carbocycles. The summed E-state index contributed by atoms with van der Waals surface area (Å²) >= 11 is 0. The molecular formula is C26H33F2Si. The van der Waals surface area contributed by atoms with Gasteiger partial charge in [0.25, 0.3) is 0 Å². The molecule has 1 saturated heterocycles. The smallest absolute Gasteiger partial charge is 0.162 e. The fourth-order valence-electron chi connectivity index (χ4n) is 5.84. The minimum atomic E-state index is -0.709. The first-order valence-electron chi connectivity index (χ1n) is 11.5. The number of rotatable bonds is 5. The molecule has 0 nitrogen and oxygen atoms in total. The lowest BCUT2D eigenvalue weighted by Gasteiger charge is -2.38. The zero-order chi connectivity index (χ0) is 20.2. The lowest BCUT2D eigenvalue weighted by atomic mass is 9.71. The standard InChI is InChI=1S/C26H33F2Si/c1-2-16-29-17-14-20(15-18-29)19-8-10-22(11-9-19)25-23(12-13-24(27)26(25)28)21-6-4-3-5-7-21/h3-7,12-13,19-20,22H,2,8-11,14-18H2,1H3. The Morgan fingerprint density at radius 3 is 2.14 bits per heavy atom. The molecule has 1 heterocycles. The molecular weight excluding hydrogens is 378 g/mol. The molecule has 0 amide bonds. The maximum absolute atomic E-state index is 14.9. The van der Waals surface area contributed by atoms with Crippen molar-refractivity contribution in [3.8, 4) is 11.1 Å². The summed E-state index contributed by atoms with van der Waals surface area (Å²) < 4.78 is 29.1. The van der Waals surface area contributed by atoms with Crippen LogP contribution in [0.5, 0.6) is 0 Å². The minimum absolute atomic E-state index is 0.0598. The number of halogens is 2. The Hall–Kier alpha value is -1.48. The van der Waals surface area contributed by atoms with E-state index in [-0.39, 0.29) is 14.7 Å².